The molecule has 1 amide bonds. The van der Waals surface area contributed by atoms with E-state index in [1.807, 2.05) is 49.9 Å². The minimum atomic E-state index is -0.795. The third-order valence-corrected chi connectivity index (χ3v) is 6.20. The van der Waals surface area contributed by atoms with Gasteiger partial charge in [-0.05, 0) is 48.9 Å². The number of alkyl carbamates (subject to hydrolysis) is 1. The zero-order valence-corrected chi connectivity index (χ0v) is 20.4. The quantitative estimate of drug-likeness (QED) is 0.253. The Bertz CT molecular complexity index is 1030. The first-order valence-electron chi connectivity index (χ1n) is 11.9. The summed E-state index contributed by atoms with van der Waals surface area (Å²) in [5, 5.41) is 2.65. The molecule has 8 nitrogen and oxygen atoms in total. The van der Waals surface area contributed by atoms with Crippen molar-refractivity contribution in [2.75, 3.05) is 26.2 Å². The lowest BCUT2D eigenvalue weighted by Gasteiger charge is -2.40. The van der Waals surface area contributed by atoms with Crippen LogP contribution in [-0.4, -0.2) is 61.5 Å². The van der Waals surface area contributed by atoms with Gasteiger partial charge < -0.3 is 14.2 Å². The van der Waals surface area contributed by atoms with Crippen LogP contribution in [0.4, 0.5) is 4.79 Å². The number of amides is 1. The summed E-state index contributed by atoms with van der Waals surface area (Å²) in [5.41, 5.74) is 4.04. The normalized spacial score (nSPS) is 16.4. The van der Waals surface area contributed by atoms with Gasteiger partial charge in [0.2, 0.25) is 0 Å². The molecule has 0 unspecified atom stereocenters. The van der Waals surface area contributed by atoms with Crippen molar-refractivity contribution in [3.63, 3.8) is 0 Å². The topological polar surface area (TPSA) is 94.2 Å². The number of nitrogens with zero attached hydrogens (tertiary/aromatic N) is 1. The summed E-state index contributed by atoms with van der Waals surface area (Å²) in [6.45, 7) is 7.54. The van der Waals surface area contributed by atoms with Crippen LogP contribution >= 0.6 is 0 Å². The molecule has 0 saturated carbocycles. The van der Waals surface area contributed by atoms with Crippen LogP contribution in [0.1, 0.15) is 44.2 Å². The molecule has 2 aliphatic rings. The van der Waals surface area contributed by atoms with Crippen molar-refractivity contribution in [3.8, 4) is 11.1 Å². The third-order valence-electron chi connectivity index (χ3n) is 6.20. The number of carbonyl (C=O) groups is 3. The fraction of sp³-hybridized carbons (Fsp3) is 0.444. The third kappa shape index (κ3) is 6.19. The molecule has 1 atom stereocenters. The maximum Gasteiger partial charge on any atom is 0.410 e. The average molecular weight is 481 g/mol. The van der Waals surface area contributed by atoms with Gasteiger partial charge in [0.05, 0.1) is 6.54 Å². The number of benzene rings is 2. The first-order valence-corrected chi connectivity index (χ1v) is 11.9. The number of likely N-dealkylation sites (tertiary alicyclic amines) is 1. The zero-order chi connectivity index (χ0) is 25.0. The maximum absolute atomic E-state index is 12.5. The van der Waals surface area contributed by atoms with Crippen molar-refractivity contribution in [2.45, 2.75) is 44.9 Å². The highest BCUT2D eigenvalue weighted by Gasteiger charge is 2.33. The predicted octanol–water partition coefficient (Wildman–Crippen LogP) is 3.69. The summed E-state index contributed by atoms with van der Waals surface area (Å²) in [4.78, 5) is 37.4. The van der Waals surface area contributed by atoms with E-state index in [1.54, 1.807) is 0 Å². The summed E-state index contributed by atoms with van der Waals surface area (Å²) in [6.07, 6.45) is -0.992. The van der Waals surface area contributed by atoms with Crippen LogP contribution in [0.2, 0.25) is 0 Å². The summed E-state index contributed by atoms with van der Waals surface area (Å²) < 4.78 is 16.0. The van der Waals surface area contributed by atoms with Gasteiger partial charge in [0.1, 0.15) is 12.2 Å². The van der Waals surface area contributed by atoms with Crippen LogP contribution in [-0.2, 0) is 23.8 Å². The van der Waals surface area contributed by atoms with Crippen LogP contribution in [0.25, 0.3) is 11.1 Å². The van der Waals surface area contributed by atoms with Crippen LogP contribution < -0.4 is 5.32 Å². The fourth-order valence-corrected chi connectivity index (χ4v) is 4.80. The molecule has 1 aliphatic carbocycles. The number of esters is 1. The van der Waals surface area contributed by atoms with Crippen molar-refractivity contribution in [1.82, 2.24) is 10.2 Å². The van der Waals surface area contributed by atoms with E-state index >= 15 is 0 Å². The van der Waals surface area contributed by atoms with Crippen molar-refractivity contribution in [1.29, 1.82) is 0 Å². The highest BCUT2D eigenvalue weighted by atomic mass is 16.6. The standard InChI is InChI=1S/C27H32N2O6/c1-27(2,3)35-25(31)15-29-13-18(14-29)12-24(34-17-30)28-26(32)33-16-23-21-10-6-4-8-19(21)20-9-5-7-11-22(20)23/h4-11,17-18,23-24H,12-16H2,1-3H3,(H,28,32)/t24-/m1/s1. The Morgan fingerprint density at radius 3 is 2.23 bits per heavy atom. The highest BCUT2D eigenvalue weighted by Crippen LogP contribution is 2.44. The Kier molecular flexibility index (Phi) is 7.40. The van der Waals surface area contributed by atoms with Gasteiger partial charge in [0, 0.05) is 25.4 Å². The van der Waals surface area contributed by atoms with E-state index in [4.69, 9.17) is 14.2 Å². The first kappa shape index (κ1) is 24.7. The Hall–Kier alpha value is -3.39. The molecule has 1 saturated heterocycles. The van der Waals surface area contributed by atoms with Crippen LogP contribution in [0.5, 0.6) is 0 Å². The van der Waals surface area contributed by atoms with Gasteiger partial charge in [-0.2, -0.15) is 0 Å². The maximum atomic E-state index is 12.5. The molecule has 0 spiro atoms. The Morgan fingerprint density at radius 2 is 1.66 bits per heavy atom. The molecular weight excluding hydrogens is 448 g/mol. The van der Waals surface area contributed by atoms with Gasteiger partial charge >= 0.3 is 12.1 Å². The van der Waals surface area contributed by atoms with Gasteiger partial charge in [-0.25, -0.2) is 4.79 Å². The summed E-state index contributed by atoms with van der Waals surface area (Å²) in [7, 11) is 0. The average Bonchev–Trinajstić information content (AvgIpc) is 3.09. The van der Waals surface area contributed by atoms with Crippen LogP contribution in [0.3, 0.4) is 0 Å². The highest BCUT2D eigenvalue weighted by molar-refractivity contribution is 5.79. The second kappa shape index (κ2) is 10.5. The minimum Gasteiger partial charge on any atom is -0.459 e. The molecule has 2 aromatic carbocycles. The Balaban J connectivity index is 1.26. The number of ether oxygens (including phenoxy) is 3. The first-order chi connectivity index (χ1) is 16.7. The second-order valence-corrected chi connectivity index (χ2v) is 10.1. The van der Waals surface area contributed by atoms with Gasteiger partial charge in [-0.1, -0.05) is 48.5 Å². The minimum absolute atomic E-state index is 0.0494. The Morgan fingerprint density at radius 1 is 1.06 bits per heavy atom. The Labute approximate surface area is 205 Å². The molecule has 1 fully saturated rings. The molecule has 0 radical (unpaired) electrons. The fourth-order valence-electron chi connectivity index (χ4n) is 4.80. The van der Waals surface area contributed by atoms with E-state index in [9.17, 15) is 14.4 Å². The molecular formula is C27H32N2O6. The number of nitrogens with one attached hydrogen (secondary N) is 1. The van der Waals surface area contributed by atoms with Crippen molar-refractivity contribution < 1.29 is 28.6 Å². The molecule has 4 rings (SSSR count). The van der Waals surface area contributed by atoms with Crippen molar-refractivity contribution in [3.05, 3.63) is 59.7 Å². The number of fused-ring (bicyclic) bond motifs is 3. The predicted molar refractivity (Wildman–Crippen MR) is 130 cm³/mol. The van der Waals surface area contributed by atoms with E-state index in [-0.39, 0.29) is 31.0 Å². The van der Waals surface area contributed by atoms with Gasteiger partial charge in [0.25, 0.3) is 6.47 Å². The molecule has 35 heavy (non-hydrogen) atoms. The van der Waals surface area contributed by atoms with E-state index in [2.05, 4.69) is 29.6 Å². The van der Waals surface area contributed by atoms with E-state index in [1.165, 1.54) is 0 Å². The van der Waals surface area contributed by atoms with Crippen LogP contribution in [0, 0.1) is 5.92 Å². The van der Waals surface area contributed by atoms with Crippen molar-refractivity contribution >= 4 is 18.5 Å². The lowest BCUT2D eigenvalue weighted by Crippen LogP contribution is -2.52. The summed E-state index contributed by atoms with van der Waals surface area (Å²) >= 11 is 0. The smallest absolute Gasteiger partial charge is 0.410 e. The lowest BCUT2D eigenvalue weighted by molar-refractivity contribution is -0.158. The lowest BCUT2D eigenvalue weighted by atomic mass is 9.95. The summed E-state index contributed by atoms with van der Waals surface area (Å²) in [6, 6.07) is 16.2. The SMILES string of the molecule is CC(C)(C)OC(=O)CN1CC(C[C@H](NC(=O)OCC2c3ccccc3-c3ccccc32)OC=O)C1. The van der Waals surface area contributed by atoms with Crippen molar-refractivity contribution in [2.24, 2.45) is 5.92 Å². The van der Waals surface area contributed by atoms with Gasteiger partial charge in [0.15, 0.2) is 6.23 Å². The summed E-state index contributed by atoms with van der Waals surface area (Å²) in [5.74, 6) is -0.142. The largest absolute Gasteiger partial charge is 0.459 e. The second-order valence-electron chi connectivity index (χ2n) is 10.1. The molecule has 8 heteroatoms. The van der Waals surface area contributed by atoms with Gasteiger partial charge in [-0.3, -0.25) is 19.8 Å². The molecule has 0 bridgehead atoms. The van der Waals surface area contributed by atoms with Gasteiger partial charge in [-0.15, -0.1) is 0 Å². The number of hydrogen-bond donors (Lipinski definition) is 1. The van der Waals surface area contributed by atoms with E-state index < -0.39 is 17.9 Å². The molecule has 1 aliphatic heterocycles. The number of hydrogen-bond acceptors (Lipinski definition) is 7. The number of rotatable bonds is 9. The zero-order valence-electron chi connectivity index (χ0n) is 20.4. The number of carbonyl (C=O) groups excluding carboxylic acids is 3. The molecule has 2 aromatic rings. The monoisotopic (exact) mass is 480 g/mol. The molecule has 1 heterocycles. The molecule has 0 aromatic heterocycles. The molecule has 1 N–H and O–H groups in total. The van der Waals surface area contributed by atoms with Crippen LogP contribution in [0.15, 0.2) is 48.5 Å². The van der Waals surface area contributed by atoms with E-state index in [0.29, 0.717) is 26.0 Å². The molecule has 186 valence electrons. The van der Waals surface area contributed by atoms with E-state index in [0.717, 1.165) is 22.3 Å².